The van der Waals surface area contributed by atoms with Crippen LogP contribution < -0.4 is 0 Å². The lowest BCUT2D eigenvalue weighted by Gasteiger charge is -2.05. The van der Waals surface area contributed by atoms with Crippen LogP contribution in [0.4, 0.5) is 4.39 Å². The summed E-state index contributed by atoms with van der Waals surface area (Å²) >= 11 is 5.95. The Hall–Kier alpha value is -1.75. The molecule has 0 radical (unpaired) electrons. The molecular weight excluding hydrogens is 257 g/mol. The molecule has 0 spiro atoms. The van der Waals surface area contributed by atoms with Crippen LogP contribution in [0.5, 0.6) is 0 Å². The topological polar surface area (TPSA) is 47.8 Å². The second kappa shape index (κ2) is 5.27. The van der Waals surface area contributed by atoms with Crippen molar-refractivity contribution >= 4 is 17.4 Å². The maximum absolute atomic E-state index is 13.0. The van der Waals surface area contributed by atoms with Gasteiger partial charge in [0, 0.05) is 18.3 Å². The van der Waals surface area contributed by atoms with Gasteiger partial charge in [-0.15, -0.1) is 0 Å². The van der Waals surface area contributed by atoms with Gasteiger partial charge in [-0.2, -0.15) is 5.10 Å². The van der Waals surface area contributed by atoms with E-state index in [9.17, 15) is 9.18 Å². The summed E-state index contributed by atoms with van der Waals surface area (Å²) in [6, 6.07) is 1.13. The number of pyridine rings is 1. The molecule has 0 unspecified atom stereocenters. The van der Waals surface area contributed by atoms with Crippen LogP contribution in [-0.2, 0) is 6.54 Å². The second-order valence-corrected chi connectivity index (χ2v) is 4.19. The van der Waals surface area contributed by atoms with Gasteiger partial charge in [0.1, 0.15) is 11.5 Å². The summed E-state index contributed by atoms with van der Waals surface area (Å²) in [6.45, 7) is 2.55. The molecule has 0 aromatic carbocycles. The number of carbonyl (C=O) groups is 1. The van der Waals surface area contributed by atoms with Gasteiger partial charge in [-0.3, -0.25) is 14.5 Å². The van der Waals surface area contributed by atoms with Crippen molar-refractivity contribution in [3.63, 3.8) is 0 Å². The van der Waals surface area contributed by atoms with Gasteiger partial charge >= 0.3 is 0 Å². The molecule has 0 amide bonds. The van der Waals surface area contributed by atoms with Gasteiger partial charge in [0.25, 0.3) is 0 Å². The maximum Gasteiger partial charge on any atom is 0.214 e. The molecule has 0 aliphatic heterocycles. The molecule has 2 rings (SSSR count). The van der Waals surface area contributed by atoms with E-state index in [4.69, 9.17) is 11.6 Å². The van der Waals surface area contributed by atoms with Crippen molar-refractivity contribution in [1.29, 1.82) is 0 Å². The van der Waals surface area contributed by atoms with Crippen LogP contribution in [0, 0.1) is 5.82 Å². The Kier molecular flexibility index (Phi) is 3.72. The smallest absolute Gasteiger partial charge is 0.214 e. The van der Waals surface area contributed by atoms with E-state index < -0.39 is 5.82 Å². The quantitative estimate of drug-likeness (QED) is 0.800. The van der Waals surface area contributed by atoms with E-state index in [0.29, 0.717) is 6.54 Å². The van der Waals surface area contributed by atoms with Crippen molar-refractivity contribution < 1.29 is 9.18 Å². The van der Waals surface area contributed by atoms with E-state index in [1.54, 1.807) is 0 Å². The van der Waals surface area contributed by atoms with Gasteiger partial charge in [-0.25, -0.2) is 4.39 Å². The molecule has 0 aliphatic carbocycles. The Bertz CT molecular complexity index is 582. The van der Waals surface area contributed by atoms with Gasteiger partial charge in [0.2, 0.25) is 5.78 Å². The van der Waals surface area contributed by atoms with Crippen molar-refractivity contribution in [3.05, 3.63) is 46.8 Å². The molecule has 94 valence electrons. The number of halogens is 2. The Balaban J connectivity index is 2.42. The van der Waals surface area contributed by atoms with Crippen molar-refractivity contribution in [1.82, 2.24) is 14.8 Å². The summed E-state index contributed by atoms with van der Waals surface area (Å²) < 4.78 is 14.6. The average molecular weight is 268 g/mol. The van der Waals surface area contributed by atoms with Crippen LogP contribution in [-0.4, -0.2) is 20.5 Å². The Morgan fingerprint density at radius 3 is 2.89 bits per heavy atom. The zero-order valence-corrected chi connectivity index (χ0v) is 10.5. The SMILES string of the molecule is CCCn1ncc(Cl)c1C(=O)c1cncc(F)c1. The minimum atomic E-state index is -0.557. The van der Waals surface area contributed by atoms with Gasteiger partial charge in [-0.05, 0) is 12.5 Å². The first-order chi connectivity index (χ1) is 8.63. The molecule has 6 heteroatoms. The molecular formula is C12H11ClFN3O. The van der Waals surface area contributed by atoms with E-state index in [-0.39, 0.29) is 22.1 Å². The number of ketones is 1. The molecule has 0 N–H and O–H groups in total. The van der Waals surface area contributed by atoms with E-state index in [1.165, 1.54) is 17.1 Å². The fourth-order valence-corrected chi connectivity index (χ4v) is 1.87. The number of aromatic nitrogens is 3. The van der Waals surface area contributed by atoms with E-state index in [2.05, 4.69) is 10.1 Å². The molecule has 2 aromatic rings. The van der Waals surface area contributed by atoms with Crippen LogP contribution in [0.1, 0.15) is 29.4 Å². The molecule has 0 saturated carbocycles. The molecule has 0 atom stereocenters. The van der Waals surface area contributed by atoms with Crippen LogP contribution in [0.15, 0.2) is 24.7 Å². The Morgan fingerprint density at radius 1 is 1.44 bits per heavy atom. The Labute approximate surface area is 108 Å². The molecule has 2 heterocycles. The molecule has 0 bridgehead atoms. The van der Waals surface area contributed by atoms with Crippen molar-refractivity contribution in [2.75, 3.05) is 0 Å². The normalized spacial score (nSPS) is 10.6. The number of nitrogens with zero attached hydrogens (tertiary/aromatic N) is 3. The number of hydrogen-bond acceptors (Lipinski definition) is 3. The number of aryl methyl sites for hydroxylation is 1. The molecule has 0 fully saturated rings. The zero-order chi connectivity index (χ0) is 13.1. The van der Waals surface area contributed by atoms with Crippen LogP contribution in [0.3, 0.4) is 0 Å². The maximum atomic E-state index is 13.0. The monoisotopic (exact) mass is 267 g/mol. The highest BCUT2D eigenvalue weighted by atomic mass is 35.5. The first-order valence-corrected chi connectivity index (χ1v) is 5.87. The molecule has 0 aliphatic rings. The molecule has 4 nitrogen and oxygen atoms in total. The van der Waals surface area contributed by atoms with Crippen LogP contribution in [0.2, 0.25) is 5.02 Å². The first kappa shape index (κ1) is 12.7. The highest BCUT2D eigenvalue weighted by Gasteiger charge is 2.19. The van der Waals surface area contributed by atoms with E-state index >= 15 is 0 Å². The number of rotatable bonds is 4. The van der Waals surface area contributed by atoms with Crippen molar-refractivity contribution in [2.45, 2.75) is 19.9 Å². The van der Waals surface area contributed by atoms with Gasteiger partial charge < -0.3 is 0 Å². The highest BCUT2D eigenvalue weighted by Crippen LogP contribution is 2.19. The molecule has 0 saturated heterocycles. The summed E-state index contributed by atoms with van der Waals surface area (Å²) in [5.74, 6) is -0.934. The molecule has 18 heavy (non-hydrogen) atoms. The predicted molar refractivity (Wildman–Crippen MR) is 65.2 cm³/mol. The zero-order valence-electron chi connectivity index (χ0n) is 9.73. The summed E-state index contributed by atoms with van der Waals surface area (Å²) in [7, 11) is 0. The van der Waals surface area contributed by atoms with Gasteiger partial charge in [-0.1, -0.05) is 18.5 Å². The fraction of sp³-hybridized carbons (Fsp3) is 0.250. The lowest BCUT2D eigenvalue weighted by molar-refractivity contribution is 0.102. The third-order valence-electron chi connectivity index (χ3n) is 2.41. The first-order valence-electron chi connectivity index (χ1n) is 5.50. The summed E-state index contributed by atoms with van der Waals surface area (Å²) in [4.78, 5) is 15.9. The van der Waals surface area contributed by atoms with Gasteiger partial charge in [0.05, 0.1) is 17.4 Å². The minimum absolute atomic E-state index is 0.162. The lowest BCUT2D eigenvalue weighted by atomic mass is 10.1. The minimum Gasteiger partial charge on any atom is -0.287 e. The summed E-state index contributed by atoms with van der Waals surface area (Å²) in [5.41, 5.74) is 0.431. The lowest BCUT2D eigenvalue weighted by Crippen LogP contribution is -2.12. The predicted octanol–water partition coefficient (Wildman–Crippen LogP) is 2.71. The van der Waals surface area contributed by atoms with Crippen LogP contribution in [0.25, 0.3) is 0 Å². The van der Waals surface area contributed by atoms with Crippen molar-refractivity contribution in [2.24, 2.45) is 0 Å². The second-order valence-electron chi connectivity index (χ2n) is 3.79. The summed E-state index contributed by atoms with van der Waals surface area (Å²) in [5, 5.41) is 4.29. The molecule has 2 aromatic heterocycles. The van der Waals surface area contributed by atoms with Gasteiger partial charge in [0.15, 0.2) is 0 Å². The standard InChI is InChI=1S/C12H11ClFN3O/c1-2-3-17-11(10(13)7-16-17)12(18)8-4-9(14)6-15-5-8/h4-7H,2-3H2,1H3. The van der Waals surface area contributed by atoms with Crippen molar-refractivity contribution in [3.8, 4) is 0 Å². The average Bonchev–Trinajstić information content (AvgIpc) is 2.70. The Morgan fingerprint density at radius 2 is 2.22 bits per heavy atom. The van der Waals surface area contributed by atoms with E-state index in [0.717, 1.165) is 18.7 Å². The fourth-order valence-electron chi connectivity index (χ4n) is 1.64. The number of hydrogen-bond donors (Lipinski definition) is 0. The largest absolute Gasteiger partial charge is 0.287 e. The third-order valence-corrected chi connectivity index (χ3v) is 2.69. The summed E-state index contributed by atoms with van der Waals surface area (Å²) in [6.07, 6.45) is 4.59. The highest BCUT2D eigenvalue weighted by molar-refractivity contribution is 6.34. The third kappa shape index (κ3) is 2.41. The number of carbonyl (C=O) groups excluding carboxylic acids is 1. The van der Waals surface area contributed by atoms with Crippen LogP contribution >= 0.6 is 11.6 Å². The van der Waals surface area contributed by atoms with E-state index in [1.807, 2.05) is 6.92 Å².